The minimum absolute atomic E-state index is 0.127. The second kappa shape index (κ2) is 13.4. The maximum Gasteiger partial charge on any atom is 0.471 e. The van der Waals surface area contributed by atoms with Crippen LogP contribution in [0.1, 0.15) is 47.0 Å². The molecule has 1 saturated heterocycles. The smallest absolute Gasteiger partial charge is 0.351 e. The molecule has 0 saturated carbocycles. The quantitative estimate of drug-likeness (QED) is 0.341. The summed E-state index contributed by atoms with van der Waals surface area (Å²) < 4.78 is 37.5. The molecule has 1 aliphatic rings. The highest BCUT2D eigenvalue weighted by molar-refractivity contribution is 5.93. The Hall–Kier alpha value is -3.12. The van der Waals surface area contributed by atoms with Gasteiger partial charge < -0.3 is 25.8 Å². The van der Waals surface area contributed by atoms with Crippen LogP contribution in [-0.4, -0.2) is 90.3 Å². The fourth-order valence-corrected chi connectivity index (χ4v) is 4.05. The first-order valence-electron chi connectivity index (χ1n) is 12.1. The number of likely N-dealkylation sites (tertiary alicyclic amines) is 1. The van der Waals surface area contributed by atoms with Crippen molar-refractivity contribution in [2.75, 3.05) is 20.6 Å². The zero-order valence-corrected chi connectivity index (χ0v) is 22.1. The molecule has 0 unspecified atom stereocenters. The van der Waals surface area contributed by atoms with Gasteiger partial charge in [0.15, 0.2) is 0 Å². The van der Waals surface area contributed by atoms with Crippen LogP contribution in [-0.2, 0) is 24.0 Å². The highest BCUT2D eigenvalue weighted by atomic mass is 19.4. The van der Waals surface area contributed by atoms with Crippen LogP contribution < -0.4 is 16.0 Å². The lowest BCUT2D eigenvalue weighted by molar-refractivity contribution is -0.174. The SMILES string of the molecule is C=CC[C@H](C(=O)N1CCC[C@H]1C(=O)N[C@H](C(=O)N(C)C)C(C)C)[C@H](C)NC(=O)[C@H](C)NC(=O)C(F)(F)F. The maximum absolute atomic E-state index is 13.5. The van der Waals surface area contributed by atoms with Crippen LogP contribution in [0.15, 0.2) is 12.7 Å². The van der Waals surface area contributed by atoms with E-state index in [4.69, 9.17) is 0 Å². The molecular formula is C24H38F3N5O5. The maximum atomic E-state index is 13.5. The monoisotopic (exact) mass is 533 g/mol. The third-order valence-corrected chi connectivity index (χ3v) is 6.22. The molecule has 13 heteroatoms. The molecule has 0 radical (unpaired) electrons. The number of hydrogen-bond acceptors (Lipinski definition) is 5. The molecule has 210 valence electrons. The van der Waals surface area contributed by atoms with E-state index in [2.05, 4.69) is 17.2 Å². The molecule has 0 aromatic heterocycles. The van der Waals surface area contributed by atoms with Gasteiger partial charge in [0.25, 0.3) is 0 Å². The Bertz CT molecular complexity index is 877. The first-order chi connectivity index (χ1) is 17.0. The van der Waals surface area contributed by atoms with Gasteiger partial charge in [0.05, 0.1) is 5.92 Å². The number of carbonyl (C=O) groups excluding carboxylic acids is 5. The number of nitrogens with zero attached hydrogens (tertiary/aromatic N) is 2. The van der Waals surface area contributed by atoms with Gasteiger partial charge in [-0.05, 0) is 39.0 Å². The number of alkyl halides is 3. The van der Waals surface area contributed by atoms with Gasteiger partial charge in [-0.2, -0.15) is 13.2 Å². The van der Waals surface area contributed by atoms with Crippen molar-refractivity contribution in [2.45, 2.75) is 77.3 Å². The number of amides is 5. The Balaban J connectivity index is 2.98. The zero-order valence-electron chi connectivity index (χ0n) is 22.1. The molecule has 10 nitrogen and oxygen atoms in total. The largest absolute Gasteiger partial charge is 0.471 e. The minimum Gasteiger partial charge on any atom is -0.351 e. The second-order valence-corrected chi connectivity index (χ2v) is 9.77. The topological polar surface area (TPSA) is 128 Å². The van der Waals surface area contributed by atoms with Gasteiger partial charge in [-0.3, -0.25) is 24.0 Å². The number of nitrogens with one attached hydrogen (secondary N) is 3. The normalized spacial score (nSPS) is 18.9. The molecule has 0 aromatic carbocycles. The van der Waals surface area contributed by atoms with Crippen molar-refractivity contribution in [1.82, 2.24) is 25.8 Å². The van der Waals surface area contributed by atoms with Crippen LogP contribution in [0.2, 0.25) is 0 Å². The van der Waals surface area contributed by atoms with E-state index in [0.29, 0.717) is 12.8 Å². The Kier molecular flexibility index (Phi) is 11.6. The van der Waals surface area contributed by atoms with Gasteiger partial charge in [-0.15, -0.1) is 6.58 Å². The van der Waals surface area contributed by atoms with Crippen molar-refractivity contribution in [3.8, 4) is 0 Å². The molecule has 5 atom stereocenters. The van der Waals surface area contributed by atoms with Crippen LogP contribution in [0.3, 0.4) is 0 Å². The summed E-state index contributed by atoms with van der Waals surface area (Å²) in [6.07, 6.45) is -2.60. The molecule has 1 aliphatic heterocycles. The Labute approximate surface area is 215 Å². The van der Waals surface area contributed by atoms with E-state index in [1.807, 2.05) is 0 Å². The Morgan fingerprint density at radius 3 is 2.14 bits per heavy atom. The van der Waals surface area contributed by atoms with Gasteiger partial charge in [0, 0.05) is 26.7 Å². The van der Waals surface area contributed by atoms with Crippen molar-refractivity contribution in [3.63, 3.8) is 0 Å². The summed E-state index contributed by atoms with van der Waals surface area (Å²) >= 11 is 0. The van der Waals surface area contributed by atoms with Crippen molar-refractivity contribution in [3.05, 3.63) is 12.7 Å². The molecular weight excluding hydrogens is 495 g/mol. The number of likely N-dealkylation sites (N-methyl/N-ethyl adjacent to an activating group) is 1. The minimum atomic E-state index is -5.14. The summed E-state index contributed by atoms with van der Waals surface area (Å²) in [5, 5.41) is 6.80. The molecule has 37 heavy (non-hydrogen) atoms. The average Bonchev–Trinajstić information content (AvgIpc) is 3.28. The summed E-state index contributed by atoms with van der Waals surface area (Å²) in [5.74, 6) is -5.36. The Morgan fingerprint density at radius 1 is 1.05 bits per heavy atom. The van der Waals surface area contributed by atoms with Gasteiger partial charge in [0.1, 0.15) is 18.1 Å². The molecule has 1 heterocycles. The van der Waals surface area contributed by atoms with Crippen LogP contribution in [0.5, 0.6) is 0 Å². The van der Waals surface area contributed by atoms with Crippen LogP contribution in [0, 0.1) is 11.8 Å². The van der Waals surface area contributed by atoms with E-state index in [0.717, 1.165) is 6.92 Å². The predicted molar refractivity (Wildman–Crippen MR) is 130 cm³/mol. The van der Waals surface area contributed by atoms with E-state index >= 15 is 0 Å². The lowest BCUT2D eigenvalue weighted by Gasteiger charge is -2.33. The first-order valence-corrected chi connectivity index (χ1v) is 12.1. The van der Waals surface area contributed by atoms with Gasteiger partial charge in [-0.25, -0.2) is 0 Å². The van der Waals surface area contributed by atoms with Gasteiger partial charge >= 0.3 is 12.1 Å². The van der Waals surface area contributed by atoms with E-state index in [-0.39, 0.29) is 24.8 Å². The van der Waals surface area contributed by atoms with Crippen LogP contribution >= 0.6 is 0 Å². The number of allylic oxidation sites excluding steroid dienone is 1. The van der Waals surface area contributed by atoms with E-state index in [1.165, 1.54) is 22.8 Å². The van der Waals surface area contributed by atoms with Crippen molar-refractivity contribution >= 4 is 29.5 Å². The fourth-order valence-electron chi connectivity index (χ4n) is 4.05. The van der Waals surface area contributed by atoms with Gasteiger partial charge in [0.2, 0.25) is 23.6 Å². The molecule has 3 N–H and O–H groups in total. The summed E-state index contributed by atoms with van der Waals surface area (Å²) in [4.78, 5) is 65.4. The third-order valence-electron chi connectivity index (χ3n) is 6.22. The summed E-state index contributed by atoms with van der Waals surface area (Å²) in [7, 11) is 3.17. The zero-order chi connectivity index (χ0) is 28.7. The number of hydrogen-bond donors (Lipinski definition) is 3. The summed E-state index contributed by atoms with van der Waals surface area (Å²) in [5.41, 5.74) is 0. The summed E-state index contributed by atoms with van der Waals surface area (Å²) in [6, 6.07) is -3.92. The standard InChI is InChI=1S/C24H38F3N5O5/c1-8-10-16(14(4)28-19(33)15(5)29-23(37)24(25,26)27)21(35)32-12-9-11-17(32)20(34)30-18(13(2)3)22(36)31(6)7/h8,13-18H,1,9-12H2,2-7H3,(H,28,33)(H,29,37)(H,30,34)/t14-,15-,16-,17-,18-/m0/s1. The lowest BCUT2D eigenvalue weighted by Crippen LogP contribution is -2.57. The number of rotatable bonds is 11. The lowest BCUT2D eigenvalue weighted by atomic mass is 9.94. The third kappa shape index (κ3) is 8.74. The molecule has 0 bridgehead atoms. The highest BCUT2D eigenvalue weighted by Gasteiger charge is 2.42. The molecule has 1 fully saturated rings. The second-order valence-electron chi connectivity index (χ2n) is 9.77. The molecule has 0 aliphatic carbocycles. The van der Waals surface area contributed by atoms with Crippen LogP contribution in [0.25, 0.3) is 0 Å². The molecule has 5 amide bonds. The number of carbonyl (C=O) groups is 5. The average molecular weight is 534 g/mol. The first kappa shape index (κ1) is 31.9. The van der Waals surface area contributed by atoms with E-state index < -0.39 is 59.9 Å². The fraction of sp³-hybridized carbons (Fsp3) is 0.708. The van der Waals surface area contributed by atoms with E-state index in [9.17, 15) is 37.1 Å². The molecule has 1 rings (SSSR count). The van der Waals surface area contributed by atoms with Crippen molar-refractivity contribution in [1.29, 1.82) is 0 Å². The highest BCUT2D eigenvalue weighted by Crippen LogP contribution is 2.24. The van der Waals surface area contributed by atoms with Crippen molar-refractivity contribution < 1.29 is 37.1 Å². The number of halogens is 3. The van der Waals surface area contributed by atoms with Crippen molar-refractivity contribution in [2.24, 2.45) is 11.8 Å². The summed E-state index contributed by atoms with van der Waals surface area (Å²) in [6.45, 7) is 10.1. The van der Waals surface area contributed by atoms with Crippen LogP contribution in [0.4, 0.5) is 13.2 Å². The van der Waals surface area contributed by atoms with E-state index in [1.54, 1.807) is 33.3 Å². The van der Waals surface area contributed by atoms with Gasteiger partial charge in [-0.1, -0.05) is 19.9 Å². The predicted octanol–water partition coefficient (Wildman–Crippen LogP) is 0.970. The Morgan fingerprint density at radius 2 is 1.65 bits per heavy atom. The molecule has 0 spiro atoms. The molecule has 0 aromatic rings.